The van der Waals surface area contributed by atoms with Gasteiger partial charge in [-0.3, -0.25) is 0 Å². The van der Waals surface area contributed by atoms with Gasteiger partial charge in [0.15, 0.2) is 0 Å². The van der Waals surface area contributed by atoms with E-state index in [1.165, 1.54) is 12.1 Å². The Morgan fingerprint density at radius 3 is 2.81 bits per heavy atom. The molecule has 3 N–H and O–H groups in total. The first kappa shape index (κ1) is 16.1. The highest BCUT2D eigenvalue weighted by molar-refractivity contribution is 7.99. The largest absolute Gasteiger partial charge is 0.478 e. The minimum Gasteiger partial charge on any atom is -0.478 e. The number of nitrogens with two attached hydrogens (primary N) is 1. The molecule has 1 heterocycles. The lowest BCUT2D eigenvalue weighted by molar-refractivity contribution is 0.0697. The molecule has 116 valence electrons. The molecule has 21 heavy (non-hydrogen) atoms. The third kappa shape index (κ3) is 3.90. The summed E-state index contributed by atoms with van der Waals surface area (Å²) in [4.78, 5) is 13.3. The zero-order valence-corrected chi connectivity index (χ0v) is 13.3. The molecule has 0 saturated carbocycles. The van der Waals surface area contributed by atoms with Crippen LogP contribution in [0.5, 0.6) is 0 Å². The van der Waals surface area contributed by atoms with Gasteiger partial charge in [-0.1, -0.05) is 6.92 Å². The van der Waals surface area contributed by atoms with Crippen molar-refractivity contribution >= 4 is 33.4 Å². The molecule has 1 aliphatic rings. The van der Waals surface area contributed by atoms with E-state index in [1.54, 1.807) is 0 Å². The van der Waals surface area contributed by atoms with Gasteiger partial charge < -0.3 is 10.0 Å². The first-order valence-electron chi connectivity index (χ1n) is 6.52. The number of carbonyl (C=O) groups is 1. The number of carboxylic acids is 1. The van der Waals surface area contributed by atoms with Gasteiger partial charge in [0.25, 0.3) is 0 Å². The van der Waals surface area contributed by atoms with Crippen LogP contribution in [-0.2, 0) is 10.0 Å². The Kier molecular flexibility index (Phi) is 4.80. The molecule has 1 atom stereocenters. The van der Waals surface area contributed by atoms with Gasteiger partial charge in [0.1, 0.15) is 0 Å². The summed E-state index contributed by atoms with van der Waals surface area (Å²) in [6.45, 7) is 3.61. The monoisotopic (exact) mass is 330 g/mol. The maximum atomic E-state index is 11.4. The van der Waals surface area contributed by atoms with Crippen LogP contribution in [0.3, 0.4) is 0 Å². The lowest BCUT2D eigenvalue weighted by Crippen LogP contribution is -2.30. The van der Waals surface area contributed by atoms with E-state index in [1.807, 2.05) is 16.7 Å². The average molecular weight is 330 g/mol. The van der Waals surface area contributed by atoms with Crippen LogP contribution in [0.4, 0.5) is 5.69 Å². The summed E-state index contributed by atoms with van der Waals surface area (Å²) in [7, 11) is -3.91. The standard InChI is InChI=1S/C13H18N2O4S2/c1-9-7-15(4-5-20-8-9)12-3-2-10(21(14,18)19)6-11(12)13(16)17/h2-3,6,9H,4-5,7-8H2,1H3,(H,16,17)(H2,14,18,19). The van der Waals surface area contributed by atoms with Gasteiger partial charge >= 0.3 is 5.97 Å². The summed E-state index contributed by atoms with van der Waals surface area (Å²) in [5.41, 5.74) is 0.518. The Balaban J connectivity index is 2.45. The van der Waals surface area contributed by atoms with E-state index in [0.29, 0.717) is 11.6 Å². The zero-order chi connectivity index (χ0) is 15.6. The van der Waals surface area contributed by atoms with Gasteiger partial charge in [-0.2, -0.15) is 11.8 Å². The second kappa shape index (κ2) is 6.25. The third-order valence-electron chi connectivity index (χ3n) is 3.31. The second-order valence-electron chi connectivity index (χ2n) is 5.16. The first-order valence-corrected chi connectivity index (χ1v) is 9.22. The number of sulfonamides is 1. The normalized spacial score (nSPS) is 20.1. The molecule has 1 aliphatic heterocycles. The van der Waals surface area contributed by atoms with Gasteiger partial charge in [0, 0.05) is 18.8 Å². The molecule has 2 rings (SSSR count). The van der Waals surface area contributed by atoms with Crippen molar-refractivity contribution < 1.29 is 18.3 Å². The molecule has 1 aromatic rings. The van der Waals surface area contributed by atoms with Crippen molar-refractivity contribution in [2.24, 2.45) is 11.1 Å². The highest BCUT2D eigenvalue weighted by Gasteiger charge is 2.22. The Hall–Kier alpha value is -1.25. The highest BCUT2D eigenvalue weighted by atomic mass is 32.2. The van der Waals surface area contributed by atoms with E-state index in [0.717, 1.165) is 30.7 Å². The minimum absolute atomic E-state index is 0.0272. The maximum absolute atomic E-state index is 11.4. The molecule has 0 bridgehead atoms. The molecule has 0 amide bonds. The summed E-state index contributed by atoms with van der Waals surface area (Å²) < 4.78 is 22.7. The van der Waals surface area contributed by atoms with Gasteiger partial charge in [-0.05, 0) is 29.9 Å². The van der Waals surface area contributed by atoms with Gasteiger partial charge in [0.05, 0.1) is 16.1 Å². The molecule has 0 aliphatic carbocycles. The molecular weight excluding hydrogens is 312 g/mol. The quantitative estimate of drug-likeness (QED) is 0.864. The molecule has 1 fully saturated rings. The zero-order valence-electron chi connectivity index (χ0n) is 11.7. The van der Waals surface area contributed by atoms with E-state index in [4.69, 9.17) is 5.14 Å². The van der Waals surface area contributed by atoms with Crippen LogP contribution in [0.2, 0.25) is 0 Å². The number of hydrogen-bond donors (Lipinski definition) is 2. The number of thioether (sulfide) groups is 1. The Labute approximate surface area is 128 Å². The summed E-state index contributed by atoms with van der Waals surface area (Å²) in [6.07, 6.45) is 0. The fourth-order valence-electron chi connectivity index (χ4n) is 2.34. The van der Waals surface area contributed by atoms with Crippen molar-refractivity contribution in [2.45, 2.75) is 11.8 Å². The predicted molar refractivity (Wildman–Crippen MR) is 83.5 cm³/mol. The molecule has 0 radical (unpaired) electrons. The van der Waals surface area contributed by atoms with Gasteiger partial charge in [-0.25, -0.2) is 18.4 Å². The number of carboxylic acid groups (broad SMARTS) is 1. The van der Waals surface area contributed by atoms with Gasteiger partial charge in [-0.15, -0.1) is 0 Å². The van der Waals surface area contributed by atoms with E-state index >= 15 is 0 Å². The number of benzene rings is 1. The molecular formula is C13H18N2O4S2. The third-order valence-corrected chi connectivity index (χ3v) is 5.49. The van der Waals surface area contributed by atoms with Crippen LogP contribution >= 0.6 is 11.8 Å². The van der Waals surface area contributed by atoms with Crippen LogP contribution in [0.25, 0.3) is 0 Å². The fraction of sp³-hybridized carbons (Fsp3) is 0.462. The second-order valence-corrected chi connectivity index (χ2v) is 7.87. The Bertz CT molecular complexity index is 646. The number of primary sulfonamides is 1. The number of nitrogens with zero attached hydrogens (tertiary/aromatic N) is 1. The number of aromatic carboxylic acids is 1. The number of hydrogen-bond acceptors (Lipinski definition) is 5. The number of anilines is 1. The van der Waals surface area contributed by atoms with Crippen LogP contribution in [0.15, 0.2) is 23.1 Å². The van der Waals surface area contributed by atoms with Crippen molar-refractivity contribution in [3.63, 3.8) is 0 Å². The molecule has 0 spiro atoms. The summed E-state index contributed by atoms with van der Waals surface area (Å²) in [5.74, 6) is 1.24. The lowest BCUT2D eigenvalue weighted by Gasteiger charge is -2.26. The summed E-state index contributed by atoms with van der Waals surface area (Å²) >= 11 is 1.84. The molecule has 1 aromatic carbocycles. The molecule has 8 heteroatoms. The van der Waals surface area contributed by atoms with Crippen LogP contribution in [0.1, 0.15) is 17.3 Å². The lowest BCUT2D eigenvalue weighted by atomic mass is 10.1. The Morgan fingerprint density at radius 1 is 1.48 bits per heavy atom. The maximum Gasteiger partial charge on any atom is 0.337 e. The predicted octanol–water partition coefficient (Wildman–Crippen LogP) is 1.22. The molecule has 0 aromatic heterocycles. The van der Waals surface area contributed by atoms with Gasteiger partial charge in [0.2, 0.25) is 10.0 Å². The fourth-order valence-corrected chi connectivity index (χ4v) is 3.90. The van der Waals surface area contributed by atoms with E-state index in [2.05, 4.69) is 6.92 Å². The minimum atomic E-state index is -3.91. The van der Waals surface area contributed by atoms with Crippen molar-refractivity contribution in [2.75, 3.05) is 29.5 Å². The summed E-state index contributed by atoms with van der Waals surface area (Å²) in [6, 6.07) is 4.03. The SMILES string of the molecule is CC1CSCCN(c2ccc(S(N)(=O)=O)cc2C(=O)O)C1. The highest BCUT2D eigenvalue weighted by Crippen LogP contribution is 2.27. The van der Waals surface area contributed by atoms with Crippen molar-refractivity contribution in [3.8, 4) is 0 Å². The van der Waals surface area contributed by atoms with Crippen LogP contribution in [-0.4, -0.2) is 44.1 Å². The molecule has 1 unspecified atom stereocenters. The molecule has 1 saturated heterocycles. The van der Waals surface area contributed by atoms with Crippen molar-refractivity contribution in [1.29, 1.82) is 0 Å². The Morgan fingerprint density at radius 2 is 2.19 bits per heavy atom. The number of rotatable bonds is 3. The van der Waals surface area contributed by atoms with Crippen LogP contribution < -0.4 is 10.0 Å². The van der Waals surface area contributed by atoms with Crippen molar-refractivity contribution in [1.82, 2.24) is 0 Å². The van der Waals surface area contributed by atoms with Crippen molar-refractivity contribution in [3.05, 3.63) is 23.8 Å². The first-order chi connectivity index (χ1) is 9.79. The molecule has 6 nitrogen and oxygen atoms in total. The van der Waals surface area contributed by atoms with E-state index in [-0.39, 0.29) is 10.5 Å². The smallest absolute Gasteiger partial charge is 0.337 e. The average Bonchev–Trinajstić information content (AvgIpc) is 2.61. The van der Waals surface area contributed by atoms with E-state index < -0.39 is 16.0 Å². The summed E-state index contributed by atoms with van der Waals surface area (Å²) in [5, 5.41) is 14.4. The van der Waals surface area contributed by atoms with Crippen LogP contribution in [0, 0.1) is 5.92 Å². The van der Waals surface area contributed by atoms with E-state index in [9.17, 15) is 18.3 Å². The topological polar surface area (TPSA) is 101 Å².